The van der Waals surface area contributed by atoms with Crippen LogP contribution in [0.2, 0.25) is 0 Å². The van der Waals surface area contributed by atoms with Crippen molar-refractivity contribution in [3.8, 4) is 0 Å². The van der Waals surface area contributed by atoms with E-state index in [0.717, 1.165) is 25.9 Å². The van der Waals surface area contributed by atoms with Gasteiger partial charge in [-0.3, -0.25) is 4.79 Å². The maximum absolute atomic E-state index is 12.0. The quantitative estimate of drug-likeness (QED) is 0.601. The van der Waals surface area contributed by atoms with Crippen LogP contribution in [-0.2, 0) is 4.79 Å². The molecule has 0 aromatic rings. The summed E-state index contributed by atoms with van der Waals surface area (Å²) in [6.07, 6.45) is 1.74. The fourth-order valence-electron chi connectivity index (χ4n) is 2.24. The molecule has 0 aromatic carbocycles. The van der Waals surface area contributed by atoms with E-state index in [0.29, 0.717) is 13.1 Å². The number of amides is 1. The van der Waals surface area contributed by atoms with E-state index in [1.807, 2.05) is 6.92 Å². The van der Waals surface area contributed by atoms with E-state index < -0.39 is 0 Å². The number of aliphatic hydroxyl groups is 1. The molecule has 14 heavy (non-hydrogen) atoms. The summed E-state index contributed by atoms with van der Waals surface area (Å²) < 4.78 is 0. The van der Waals surface area contributed by atoms with Gasteiger partial charge in [0.1, 0.15) is 0 Å². The maximum atomic E-state index is 12.0. The van der Waals surface area contributed by atoms with Crippen LogP contribution in [0.3, 0.4) is 0 Å². The molecule has 0 radical (unpaired) electrons. The molecule has 0 bridgehead atoms. The highest BCUT2D eigenvalue weighted by atomic mass is 16.3. The second-order valence-electron chi connectivity index (χ2n) is 4.70. The van der Waals surface area contributed by atoms with E-state index in [1.165, 1.54) is 0 Å². The number of nitrogens with zero attached hydrogens (tertiary/aromatic N) is 1. The number of rotatable bonds is 1. The molecule has 2 aliphatic rings. The molecule has 2 heterocycles. The molecular weight excluding hydrogens is 180 g/mol. The third kappa shape index (κ3) is 1.64. The van der Waals surface area contributed by atoms with Crippen molar-refractivity contribution in [3.63, 3.8) is 0 Å². The minimum absolute atomic E-state index is 0.204. The monoisotopic (exact) mass is 198 g/mol. The Morgan fingerprint density at radius 2 is 2.29 bits per heavy atom. The Balaban J connectivity index is 1.95. The molecule has 2 fully saturated rings. The molecule has 1 atom stereocenters. The van der Waals surface area contributed by atoms with Crippen LogP contribution in [0.15, 0.2) is 0 Å². The Morgan fingerprint density at radius 3 is 2.79 bits per heavy atom. The zero-order valence-corrected chi connectivity index (χ0v) is 8.62. The van der Waals surface area contributed by atoms with Crippen molar-refractivity contribution in [3.05, 3.63) is 0 Å². The van der Waals surface area contributed by atoms with E-state index in [2.05, 4.69) is 5.32 Å². The normalized spacial score (nSPS) is 34.0. The summed E-state index contributed by atoms with van der Waals surface area (Å²) in [5.41, 5.74) is -0.238. The molecule has 1 amide bonds. The second-order valence-corrected chi connectivity index (χ2v) is 4.70. The fourth-order valence-corrected chi connectivity index (χ4v) is 2.24. The largest absolute Gasteiger partial charge is 0.389 e. The Kier molecular flexibility index (Phi) is 2.49. The molecule has 2 N–H and O–H groups in total. The van der Waals surface area contributed by atoms with E-state index in [1.54, 1.807) is 4.90 Å². The van der Waals surface area contributed by atoms with Gasteiger partial charge >= 0.3 is 0 Å². The van der Waals surface area contributed by atoms with Gasteiger partial charge in [0, 0.05) is 19.6 Å². The lowest BCUT2D eigenvalue weighted by molar-refractivity contribution is -0.152. The lowest BCUT2D eigenvalue weighted by atomic mass is 9.80. The molecular formula is C10H18N2O2. The Morgan fingerprint density at radius 1 is 1.57 bits per heavy atom. The van der Waals surface area contributed by atoms with E-state index in [4.69, 9.17) is 5.11 Å². The van der Waals surface area contributed by atoms with Gasteiger partial charge in [0.2, 0.25) is 5.91 Å². The van der Waals surface area contributed by atoms with Crippen LogP contribution in [-0.4, -0.2) is 48.2 Å². The summed E-state index contributed by atoms with van der Waals surface area (Å²) in [6.45, 7) is 4.86. The van der Waals surface area contributed by atoms with Gasteiger partial charge in [-0.15, -0.1) is 0 Å². The van der Waals surface area contributed by atoms with Crippen molar-refractivity contribution in [2.24, 2.45) is 5.41 Å². The minimum Gasteiger partial charge on any atom is -0.389 e. The topological polar surface area (TPSA) is 52.6 Å². The minimum atomic E-state index is -0.293. The van der Waals surface area contributed by atoms with Gasteiger partial charge in [-0.05, 0) is 26.3 Å². The van der Waals surface area contributed by atoms with Gasteiger partial charge in [-0.25, -0.2) is 0 Å². The van der Waals surface area contributed by atoms with Gasteiger partial charge in [0.25, 0.3) is 0 Å². The highest BCUT2D eigenvalue weighted by Crippen LogP contribution is 2.29. The number of β-amino-alcohol motifs (C(OH)–C–C–N with tert-alkyl or cyclic N) is 1. The summed E-state index contributed by atoms with van der Waals surface area (Å²) in [7, 11) is 0. The molecule has 2 rings (SSSR count). The van der Waals surface area contributed by atoms with E-state index in [9.17, 15) is 4.79 Å². The number of aliphatic hydroxyl groups excluding tert-OH is 1. The Labute approximate surface area is 84.3 Å². The van der Waals surface area contributed by atoms with E-state index >= 15 is 0 Å². The van der Waals surface area contributed by atoms with Gasteiger partial charge in [-0.2, -0.15) is 0 Å². The number of nitrogens with one attached hydrogen (secondary N) is 1. The number of carbonyl (C=O) groups is 1. The first kappa shape index (κ1) is 9.93. The van der Waals surface area contributed by atoms with E-state index in [-0.39, 0.29) is 17.4 Å². The van der Waals surface area contributed by atoms with Crippen LogP contribution in [0.5, 0.6) is 0 Å². The number of hydrogen-bond donors (Lipinski definition) is 2. The first-order valence-electron chi connectivity index (χ1n) is 5.30. The van der Waals surface area contributed by atoms with Gasteiger partial charge in [0.05, 0.1) is 11.5 Å². The standard InChI is InChI=1S/C10H18N2O2/c1-10(3-2-4-11-7-10)9(14)12-5-8(13)6-12/h8,11,13H,2-7H2,1H3. The number of piperidine rings is 1. The highest BCUT2D eigenvalue weighted by Gasteiger charge is 2.41. The first-order valence-corrected chi connectivity index (χ1v) is 5.30. The average Bonchev–Trinajstić information content (AvgIpc) is 2.13. The van der Waals surface area contributed by atoms with Gasteiger partial charge in [-0.1, -0.05) is 0 Å². The summed E-state index contributed by atoms with van der Waals surface area (Å²) in [4.78, 5) is 13.8. The first-order chi connectivity index (χ1) is 6.62. The predicted octanol–water partition coefficient (Wildman–Crippen LogP) is -0.421. The second kappa shape index (κ2) is 3.51. The lowest BCUT2D eigenvalue weighted by Crippen LogP contribution is -2.59. The van der Waals surface area contributed by atoms with Crippen LogP contribution < -0.4 is 5.32 Å². The Hall–Kier alpha value is -0.610. The predicted molar refractivity (Wildman–Crippen MR) is 52.8 cm³/mol. The Bertz CT molecular complexity index is 230. The van der Waals surface area contributed by atoms with Crippen molar-refractivity contribution < 1.29 is 9.90 Å². The molecule has 4 nitrogen and oxygen atoms in total. The van der Waals surface area contributed by atoms with Crippen molar-refractivity contribution in [2.75, 3.05) is 26.2 Å². The highest BCUT2D eigenvalue weighted by molar-refractivity contribution is 5.83. The molecule has 2 aliphatic heterocycles. The number of hydrogen-bond acceptors (Lipinski definition) is 3. The van der Waals surface area contributed by atoms with Crippen molar-refractivity contribution in [1.82, 2.24) is 10.2 Å². The third-order valence-electron chi connectivity index (χ3n) is 3.26. The fraction of sp³-hybridized carbons (Fsp3) is 0.900. The number of likely N-dealkylation sites (tertiary alicyclic amines) is 1. The zero-order valence-electron chi connectivity index (χ0n) is 8.62. The van der Waals surface area contributed by atoms with Gasteiger partial charge in [0.15, 0.2) is 0 Å². The lowest BCUT2D eigenvalue weighted by Gasteiger charge is -2.43. The van der Waals surface area contributed by atoms with Crippen LogP contribution in [0.25, 0.3) is 0 Å². The molecule has 0 aromatic heterocycles. The summed E-state index contributed by atoms with van der Waals surface area (Å²) in [5, 5.41) is 12.4. The van der Waals surface area contributed by atoms with Crippen LogP contribution in [0.4, 0.5) is 0 Å². The molecule has 0 aliphatic carbocycles. The average molecular weight is 198 g/mol. The SMILES string of the molecule is CC1(C(=O)N2CC(O)C2)CCCNC1. The smallest absolute Gasteiger partial charge is 0.229 e. The summed E-state index contributed by atoms with van der Waals surface area (Å²) in [6, 6.07) is 0. The van der Waals surface area contributed by atoms with Crippen molar-refractivity contribution in [2.45, 2.75) is 25.9 Å². The van der Waals surface area contributed by atoms with Crippen LogP contribution in [0, 0.1) is 5.41 Å². The molecule has 0 spiro atoms. The summed E-state index contributed by atoms with van der Waals surface area (Å²) in [5.74, 6) is 0.204. The summed E-state index contributed by atoms with van der Waals surface area (Å²) >= 11 is 0. The van der Waals surface area contributed by atoms with Gasteiger partial charge < -0.3 is 15.3 Å². The molecule has 0 saturated carbocycles. The number of carbonyl (C=O) groups excluding carboxylic acids is 1. The molecule has 80 valence electrons. The maximum Gasteiger partial charge on any atom is 0.229 e. The van der Waals surface area contributed by atoms with Crippen LogP contribution in [0.1, 0.15) is 19.8 Å². The molecule has 4 heteroatoms. The molecule has 2 saturated heterocycles. The zero-order chi connectivity index (χ0) is 10.2. The van der Waals surface area contributed by atoms with Crippen molar-refractivity contribution >= 4 is 5.91 Å². The van der Waals surface area contributed by atoms with Crippen LogP contribution >= 0.6 is 0 Å². The molecule has 1 unspecified atom stereocenters. The third-order valence-corrected chi connectivity index (χ3v) is 3.26. The van der Waals surface area contributed by atoms with Crippen molar-refractivity contribution in [1.29, 1.82) is 0 Å².